The van der Waals surface area contributed by atoms with E-state index < -0.39 is 10.0 Å². The van der Waals surface area contributed by atoms with Gasteiger partial charge in [-0.3, -0.25) is 10.1 Å². The third-order valence-corrected chi connectivity index (χ3v) is 8.00. The maximum Gasteiger partial charge on any atom is 0.257 e. The van der Waals surface area contributed by atoms with Gasteiger partial charge < -0.3 is 0 Å². The van der Waals surface area contributed by atoms with Crippen molar-refractivity contribution in [2.45, 2.75) is 31.6 Å². The molecule has 0 saturated heterocycles. The molecule has 0 unspecified atom stereocenters. The van der Waals surface area contributed by atoms with Gasteiger partial charge in [0.25, 0.3) is 5.91 Å². The Hall–Kier alpha value is -2.81. The molecule has 166 valence electrons. The number of aromatic nitrogens is 1. The van der Waals surface area contributed by atoms with E-state index in [1.807, 2.05) is 50.2 Å². The van der Waals surface area contributed by atoms with E-state index in [1.165, 1.54) is 15.6 Å². The van der Waals surface area contributed by atoms with Gasteiger partial charge in [-0.1, -0.05) is 55.5 Å². The van der Waals surface area contributed by atoms with Crippen LogP contribution < -0.4 is 5.32 Å². The topological polar surface area (TPSA) is 79.4 Å². The third kappa shape index (κ3) is 4.53. The Bertz CT molecular complexity index is 1370. The number of fused-ring (bicyclic) bond motifs is 2. The molecule has 0 aliphatic rings. The Morgan fingerprint density at radius 3 is 2.41 bits per heavy atom. The van der Waals surface area contributed by atoms with Gasteiger partial charge in [-0.25, -0.2) is 13.4 Å². The monoisotopic (exact) mass is 467 g/mol. The standard InChI is InChI=1S/C24H25N3O3S2/c1-3-13-27(14-4-2)32(29,30)20-11-12-21-22(16-20)31-24(25-21)26-23(28)19-10-9-17-7-5-6-8-18(17)15-19/h5-12,15-16H,3-4,13-14H2,1-2H3,(H,25,26,28). The van der Waals surface area contributed by atoms with Crippen molar-refractivity contribution in [3.05, 3.63) is 66.2 Å². The van der Waals surface area contributed by atoms with Crippen LogP contribution >= 0.6 is 11.3 Å². The highest BCUT2D eigenvalue weighted by atomic mass is 32.2. The molecule has 3 aromatic carbocycles. The van der Waals surface area contributed by atoms with Gasteiger partial charge in [0.15, 0.2) is 5.13 Å². The van der Waals surface area contributed by atoms with E-state index in [4.69, 9.17) is 0 Å². The SMILES string of the molecule is CCCN(CCC)S(=O)(=O)c1ccc2nc(NC(=O)c3ccc4ccccc4c3)sc2c1. The first-order chi connectivity index (χ1) is 15.4. The van der Waals surface area contributed by atoms with Crippen LogP contribution in [0.3, 0.4) is 0 Å². The highest BCUT2D eigenvalue weighted by molar-refractivity contribution is 7.89. The summed E-state index contributed by atoms with van der Waals surface area (Å²) in [6, 6.07) is 18.3. The van der Waals surface area contributed by atoms with Crippen LogP contribution in [0.2, 0.25) is 0 Å². The predicted octanol–water partition coefficient (Wildman–Crippen LogP) is 5.51. The smallest absolute Gasteiger partial charge is 0.257 e. The Morgan fingerprint density at radius 2 is 1.69 bits per heavy atom. The number of hydrogen-bond donors (Lipinski definition) is 1. The van der Waals surface area contributed by atoms with Crippen molar-refractivity contribution in [1.29, 1.82) is 0 Å². The van der Waals surface area contributed by atoms with E-state index in [9.17, 15) is 13.2 Å². The van der Waals surface area contributed by atoms with Crippen LogP contribution in [0.25, 0.3) is 21.0 Å². The summed E-state index contributed by atoms with van der Waals surface area (Å²) < 4.78 is 28.4. The van der Waals surface area contributed by atoms with Crippen molar-refractivity contribution in [1.82, 2.24) is 9.29 Å². The van der Waals surface area contributed by atoms with Gasteiger partial charge in [-0.2, -0.15) is 4.31 Å². The molecular weight excluding hydrogens is 442 g/mol. The van der Waals surface area contributed by atoms with Crippen LogP contribution in [0.4, 0.5) is 5.13 Å². The van der Waals surface area contributed by atoms with Crippen molar-refractivity contribution in [3.63, 3.8) is 0 Å². The maximum atomic E-state index is 13.1. The van der Waals surface area contributed by atoms with Crippen molar-refractivity contribution in [2.24, 2.45) is 0 Å². The molecule has 8 heteroatoms. The van der Waals surface area contributed by atoms with Crippen molar-refractivity contribution in [3.8, 4) is 0 Å². The minimum atomic E-state index is -3.57. The number of anilines is 1. The molecule has 1 aromatic heterocycles. The van der Waals surface area contributed by atoms with Crippen LogP contribution in [0.5, 0.6) is 0 Å². The van der Waals surface area contributed by atoms with E-state index in [0.717, 1.165) is 23.6 Å². The first-order valence-electron chi connectivity index (χ1n) is 10.6. The average Bonchev–Trinajstić information content (AvgIpc) is 3.20. The lowest BCUT2D eigenvalue weighted by atomic mass is 10.1. The molecule has 0 radical (unpaired) electrons. The normalized spacial score (nSPS) is 12.0. The summed E-state index contributed by atoms with van der Waals surface area (Å²) in [5, 5.41) is 5.34. The van der Waals surface area contributed by atoms with Crippen LogP contribution in [0.1, 0.15) is 37.0 Å². The van der Waals surface area contributed by atoms with E-state index >= 15 is 0 Å². The molecule has 0 fully saturated rings. The second-order valence-electron chi connectivity index (χ2n) is 7.57. The number of rotatable bonds is 8. The first-order valence-corrected chi connectivity index (χ1v) is 12.9. The van der Waals surface area contributed by atoms with Gasteiger partial charge in [0, 0.05) is 18.7 Å². The lowest BCUT2D eigenvalue weighted by Gasteiger charge is -2.20. The molecule has 1 N–H and O–H groups in total. The van der Waals surface area contributed by atoms with E-state index in [2.05, 4.69) is 10.3 Å². The van der Waals surface area contributed by atoms with Gasteiger partial charge in [-0.15, -0.1) is 0 Å². The van der Waals surface area contributed by atoms with E-state index in [-0.39, 0.29) is 10.8 Å². The fourth-order valence-electron chi connectivity index (χ4n) is 3.62. The molecule has 32 heavy (non-hydrogen) atoms. The number of sulfonamides is 1. The molecule has 0 atom stereocenters. The average molecular weight is 468 g/mol. The highest BCUT2D eigenvalue weighted by Crippen LogP contribution is 2.30. The fourth-order valence-corrected chi connectivity index (χ4v) is 6.24. The molecule has 4 rings (SSSR count). The Morgan fingerprint density at radius 1 is 0.969 bits per heavy atom. The number of amides is 1. The maximum absolute atomic E-state index is 13.1. The Balaban J connectivity index is 1.59. The van der Waals surface area contributed by atoms with Crippen LogP contribution in [-0.2, 0) is 10.0 Å². The van der Waals surface area contributed by atoms with Crippen molar-refractivity contribution in [2.75, 3.05) is 18.4 Å². The molecule has 6 nitrogen and oxygen atoms in total. The molecule has 0 aliphatic heterocycles. The summed E-state index contributed by atoms with van der Waals surface area (Å²) in [6.07, 6.45) is 1.51. The summed E-state index contributed by atoms with van der Waals surface area (Å²) in [5.74, 6) is -0.250. The lowest BCUT2D eigenvalue weighted by Crippen LogP contribution is -2.32. The summed E-state index contributed by atoms with van der Waals surface area (Å²) in [7, 11) is -3.57. The molecule has 4 aromatic rings. The quantitative estimate of drug-likeness (QED) is 0.370. The van der Waals surface area contributed by atoms with Crippen molar-refractivity contribution >= 4 is 53.4 Å². The number of carbonyl (C=O) groups excluding carboxylic acids is 1. The van der Waals surface area contributed by atoms with Crippen LogP contribution in [-0.4, -0.2) is 36.7 Å². The van der Waals surface area contributed by atoms with Gasteiger partial charge in [-0.05, 0) is 53.9 Å². The van der Waals surface area contributed by atoms with E-state index in [0.29, 0.717) is 34.0 Å². The lowest BCUT2D eigenvalue weighted by molar-refractivity contribution is 0.102. The zero-order valence-electron chi connectivity index (χ0n) is 18.0. The molecule has 0 saturated carbocycles. The summed E-state index contributed by atoms with van der Waals surface area (Å²) in [4.78, 5) is 17.5. The second-order valence-corrected chi connectivity index (χ2v) is 10.5. The molecule has 0 spiro atoms. The van der Waals surface area contributed by atoms with Gasteiger partial charge in [0.1, 0.15) is 0 Å². The number of benzene rings is 3. The number of nitrogens with zero attached hydrogens (tertiary/aromatic N) is 2. The Kier molecular flexibility index (Phi) is 6.55. The zero-order valence-corrected chi connectivity index (χ0v) is 19.7. The zero-order chi connectivity index (χ0) is 22.7. The largest absolute Gasteiger partial charge is 0.298 e. The summed E-state index contributed by atoms with van der Waals surface area (Å²) in [5.41, 5.74) is 1.20. The molecular formula is C24H25N3O3S2. The molecule has 0 aliphatic carbocycles. The predicted molar refractivity (Wildman–Crippen MR) is 131 cm³/mol. The highest BCUT2D eigenvalue weighted by Gasteiger charge is 2.24. The van der Waals surface area contributed by atoms with Crippen LogP contribution in [0.15, 0.2) is 65.6 Å². The summed E-state index contributed by atoms with van der Waals surface area (Å²) in [6.45, 7) is 4.91. The van der Waals surface area contributed by atoms with Gasteiger partial charge >= 0.3 is 0 Å². The second kappa shape index (κ2) is 9.36. The Labute approximate surface area is 191 Å². The van der Waals surface area contributed by atoms with Gasteiger partial charge in [0.05, 0.1) is 15.1 Å². The number of thiazole rings is 1. The minimum absolute atomic E-state index is 0.250. The van der Waals surface area contributed by atoms with Crippen LogP contribution in [0, 0.1) is 0 Å². The molecule has 1 heterocycles. The van der Waals surface area contributed by atoms with E-state index in [1.54, 1.807) is 24.3 Å². The van der Waals surface area contributed by atoms with Gasteiger partial charge in [0.2, 0.25) is 10.0 Å². The molecule has 0 bridgehead atoms. The first kappa shape index (κ1) is 22.4. The number of nitrogens with one attached hydrogen (secondary N) is 1. The fraction of sp³-hybridized carbons (Fsp3) is 0.250. The third-order valence-electron chi connectivity index (χ3n) is 5.18. The molecule has 1 amide bonds. The van der Waals surface area contributed by atoms with Crippen molar-refractivity contribution < 1.29 is 13.2 Å². The summed E-state index contributed by atoms with van der Waals surface area (Å²) >= 11 is 1.27. The number of hydrogen-bond acceptors (Lipinski definition) is 5. The number of carbonyl (C=O) groups is 1. The minimum Gasteiger partial charge on any atom is -0.298 e.